The van der Waals surface area contributed by atoms with Gasteiger partial charge in [-0.2, -0.15) is 5.26 Å². The monoisotopic (exact) mass is 435 g/mol. The van der Waals surface area contributed by atoms with Crippen molar-refractivity contribution in [3.63, 3.8) is 0 Å². The first-order chi connectivity index (χ1) is 14.7. The fourth-order valence-corrected chi connectivity index (χ4v) is 4.71. The zero-order valence-electron chi connectivity index (χ0n) is 16.1. The van der Waals surface area contributed by atoms with Gasteiger partial charge >= 0.3 is 0 Å². The van der Waals surface area contributed by atoms with E-state index in [-0.39, 0.29) is 11.5 Å². The molecular weight excluding hydrogens is 418 g/mol. The molecule has 30 heavy (non-hydrogen) atoms. The summed E-state index contributed by atoms with van der Waals surface area (Å²) < 4.78 is 7.29. The predicted molar refractivity (Wildman–Crippen MR) is 115 cm³/mol. The number of nitriles is 1. The third-order valence-electron chi connectivity index (χ3n) is 4.41. The van der Waals surface area contributed by atoms with Gasteiger partial charge in [-0.3, -0.25) is 9.36 Å². The molecule has 0 radical (unpaired) electrons. The molecule has 0 fully saturated rings. The maximum atomic E-state index is 12.8. The van der Waals surface area contributed by atoms with E-state index in [1.54, 1.807) is 12.3 Å². The van der Waals surface area contributed by atoms with Crippen LogP contribution in [0.4, 0.5) is 0 Å². The average molecular weight is 436 g/mol. The standard InChI is InChI=1S/C21H17N5O2S2/c1-2-26-19(18-9-6-10-28-18)24-25-21(26)30-13-17(27)15(11-22)20-23-16(12-29-20)14-7-4-3-5-8-14/h3-10,12,15H,2,13H2,1H3/t15-/m1/s1. The van der Waals surface area contributed by atoms with E-state index in [0.717, 1.165) is 11.3 Å². The lowest BCUT2D eigenvalue weighted by Crippen LogP contribution is -2.13. The third-order valence-corrected chi connectivity index (χ3v) is 6.31. The fourth-order valence-electron chi connectivity index (χ4n) is 2.91. The number of carbonyl (C=O) groups excluding carboxylic acids is 1. The Kier molecular flexibility index (Phi) is 6.07. The molecule has 0 N–H and O–H groups in total. The number of furan rings is 1. The van der Waals surface area contributed by atoms with Crippen LogP contribution in [0, 0.1) is 11.3 Å². The zero-order valence-corrected chi connectivity index (χ0v) is 17.7. The highest BCUT2D eigenvalue weighted by atomic mass is 32.2. The molecule has 3 aromatic heterocycles. The summed E-state index contributed by atoms with van der Waals surface area (Å²) in [4.78, 5) is 17.3. The number of thiazole rings is 1. The molecule has 7 nitrogen and oxygen atoms in total. The minimum absolute atomic E-state index is 0.106. The van der Waals surface area contributed by atoms with Crippen LogP contribution in [0.5, 0.6) is 0 Å². The summed E-state index contributed by atoms with van der Waals surface area (Å²) in [6.07, 6.45) is 1.58. The Morgan fingerprint density at radius 2 is 2.10 bits per heavy atom. The van der Waals surface area contributed by atoms with Gasteiger partial charge in [0, 0.05) is 17.5 Å². The zero-order chi connectivity index (χ0) is 20.9. The summed E-state index contributed by atoms with van der Waals surface area (Å²) in [5.74, 6) is 0.230. The summed E-state index contributed by atoms with van der Waals surface area (Å²) in [6.45, 7) is 2.61. The summed E-state index contributed by atoms with van der Waals surface area (Å²) in [7, 11) is 0. The average Bonchev–Trinajstić information content (AvgIpc) is 3.53. The molecule has 0 aliphatic carbocycles. The normalized spacial score (nSPS) is 11.9. The second-order valence-corrected chi connectivity index (χ2v) is 8.11. The molecule has 1 aromatic carbocycles. The van der Waals surface area contributed by atoms with Gasteiger partial charge in [-0.15, -0.1) is 21.5 Å². The highest BCUT2D eigenvalue weighted by Gasteiger charge is 2.25. The second-order valence-electron chi connectivity index (χ2n) is 6.28. The Hall–Kier alpha value is -3.22. The minimum Gasteiger partial charge on any atom is -0.461 e. The molecule has 0 saturated carbocycles. The Labute approximate surface area is 181 Å². The second kappa shape index (κ2) is 9.07. The largest absolute Gasteiger partial charge is 0.461 e. The minimum atomic E-state index is -0.900. The van der Waals surface area contributed by atoms with Gasteiger partial charge < -0.3 is 4.42 Å². The lowest BCUT2D eigenvalue weighted by molar-refractivity contribution is -0.116. The van der Waals surface area contributed by atoms with Crippen LogP contribution in [0.15, 0.2) is 63.7 Å². The molecule has 4 rings (SSSR count). The van der Waals surface area contributed by atoms with Crippen LogP contribution < -0.4 is 0 Å². The van der Waals surface area contributed by atoms with Crippen molar-refractivity contribution in [1.29, 1.82) is 5.26 Å². The van der Waals surface area contributed by atoms with Gasteiger partial charge in [-0.1, -0.05) is 42.1 Å². The van der Waals surface area contributed by atoms with Gasteiger partial charge in [0.25, 0.3) is 0 Å². The van der Waals surface area contributed by atoms with Crippen LogP contribution in [0.1, 0.15) is 17.8 Å². The number of benzene rings is 1. The SMILES string of the molecule is CCn1c(SCC(=O)[C@@H](C#N)c2nc(-c3ccccc3)cs2)nnc1-c1ccco1. The van der Waals surface area contributed by atoms with E-state index in [1.807, 2.05) is 53.3 Å². The number of hydrogen-bond acceptors (Lipinski definition) is 8. The van der Waals surface area contributed by atoms with E-state index < -0.39 is 5.92 Å². The van der Waals surface area contributed by atoms with Crippen molar-refractivity contribution in [2.45, 2.75) is 24.5 Å². The van der Waals surface area contributed by atoms with E-state index in [2.05, 4.69) is 21.3 Å². The quantitative estimate of drug-likeness (QED) is 0.372. The van der Waals surface area contributed by atoms with Gasteiger partial charge in [-0.25, -0.2) is 4.98 Å². The van der Waals surface area contributed by atoms with E-state index in [0.29, 0.717) is 28.3 Å². The molecule has 0 aliphatic heterocycles. The number of hydrogen-bond donors (Lipinski definition) is 0. The van der Waals surface area contributed by atoms with Crippen molar-refractivity contribution in [3.8, 4) is 28.9 Å². The van der Waals surface area contributed by atoms with Crippen molar-refractivity contribution < 1.29 is 9.21 Å². The van der Waals surface area contributed by atoms with Crippen LogP contribution >= 0.6 is 23.1 Å². The van der Waals surface area contributed by atoms with E-state index in [1.165, 1.54) is 23.1 Å². The molecule has 150 valence electrons. The van der Waals surface area contributed by atoms with E-state index >= 15 is 0 Å². The number of aromatic nitrogens is 4. The highest BCUT2D eigenvalue weighted by Crippen LogP contribution is 2.29. The van der Waals surface area contributed by atoms with Gasteiger partial charge in [-0.05, 0) is 19.1 Å². The van der Waals surface area contributed by atoms with Crippen molar-refractivity contribution in [1.82, 2.24) is 19.7 Å². The van der Waals surface area contributed by atoms with Crippen LogP contribution in [-0.2, 0) is 11.3 Å². The number of nitrogens with zero attached hydrogens (tertiary/aromatic N) is 5. The molecular formula is C21H17N5O2S2. The Morgan fingerprint density at radius 3 is 2.80 bits per heavy atom. The summed E-state index contributed by atoms with van der Waals surface area (Å²) >= 11 is 2.59. The molecule has 0 spiro atoms. The third kappa shape index (κ3) is 4.06. The number of carbonyl (C=O) groups is 1. The van der Waals surface area contributed by atoms with Gasteiger partial charge in [0.1, 0.15) is 5.01 Å². The van der Waals surface area contributed by atoms with Crippen LogP contribution in [-0.4, -0.2) is 31.3 Å². The lowest BCUT2D eigenvalue weighted by Gasteiger charge is -2.07. The lowest BCUT2D eigenvalue weighted by atomic mass is 10.1. The summed E-state index contributed by atoms with van der Waals surface area (Å²) in [5.41, 5.74) is 1.73. The molecule has 9 heteroatoms. The predicted octanol–water partition coefficient (Wildman–Crippen LogP) is 4.65. The summed E-state index contributed by atoms with van der Waals surface area (Å²) in [6, 6.07) is 15.4. The first-order valence-electron chi connectivity index (χ1n) is 9.24. The van der Waals surface area contributed by atoms with Crippen molar-refractivity contribution in [3.05, 3.63) is 59.1 Å². The van der Waals surface area contributed by atoms with Crippen molar-refractivity contribution in [2.24, 2.45) is 0 Å². The van der Waals surface area contributed by atoms with Crippen LogP contribution in [0.25, 0.3) is 22.8 Å². The molecule has 0 saturated heterocycles. The smallest absolute Gasteiger partial charge is 0.200 e. The molecule has 0 aliphatic rings. The molecule has 0 bridgehead atoms. The fraction of sp³-hybridized carbons (Fsp3) is 0.190. The number of Topliss-reactive ketones (excluding diaryl/α,β-unsaturated/α-hetero) is 1. The van der Waals surface area contributed by atoms with Crippen molar-refractivity contribution in [2.75, 3.05) is 5.75 Å². The summed E-state index contributed by atoms with van der Waals surface area (Å²) in [5, 5.41) is 21.0. The number of thioether (sulfide) groups is 1. The van der Waals surface area contributed by atoms with Crippen LogP contribution in [0.2, 0.25) is 0 Å². The molecule has 1 atom stereocenters. The Bertz CT molecular complexity index is 1180. The topological polar surface area (TPSA) is 97.6 Å². The van der Waals surface area contributed by atoms with Crippen molar-refractivity contribution >= 4 is 28.9 Å². The first kappa shape index (κ1) is 20.1. The number of ketones is 1. The van der Waals surface area contributed by atoms with Gasteiger partial charge in [0.15, 0.2) is 28.4 Å². The van der Waals surface area contributed by atoms with E-state index in [9.17, 15) is 10.1 Å². The van der Waals surface area contributed by atoms with Gasteiger partial charge in [0.05, 0.1) is 23.8 Å². The Balaban J connectivity index is 1.47. The highest BCUT2D eigenvalue weighted by molar-refractivity contribution is 7.99. The maximum absolute atomic E-state index is 12.8. The first-order valence-corrected chi connectivity index (χ1v) is 11.1. The molecule has 0 amide bonds. The molecule has 3 heterocycles. The Morgan fingerprint density at radius 1 is 1.27 bits per heavy atom. The molecule has 0 unspecified atom stereocenters. The van der Waals surface area contributed by atoms with E-state index in [4.69, 9.17) is 4.42 Å². The van der Waals surface area contributed by atoms with Crippen LogP contribution in [0.3, 0.4) is 0 Å². The van der Waals surface area contributed by atoms with Gasteiger partial charge in [0.2, 0.25) is 0 Å². The molecule has 4 aromatic rings. The number of rotatable bonds is 8. The maximum Gasteiger partial charge on any atom is 0.200 e.